The van der Waals surface area contributed by atoms with Crippen LogP contribution in [0.3, 0.4) is 0 Å². The number of aromatic nitrogens is 2. The quantitative estimate of drug-likeness (QED) is 0.745. The number of carbonyl (C=O) groups is 2. The van der Waals surface area contributed by atoms with Crippen molar-refractivity contribution in [1.29, 1.82) is 0 Å². The van der Waals surface area contributed by atoms with Gasteiger partial charge in [-0.3, -0.25) is 14.4 Å². The van der Waals surface area contributed by atoms with Crippen LogP contribution in [-0.2, 0) is 4.79 Å². The van der Waals surface area contributed by atoms with Crippen LogP contribution < -0.4 is 10.9 Å². The van der Waals surface area contributed by atoms with Gasteiger partial charge in [0.15, 0.2) is 0 Å². The first kappa shape index (κ1) is 13.9. The van der Waals surface area contributed by atoms with Crippen LogP contribution in [0.5, 0.6) is 0 Å². The molecular weight excluding hydrogens is 236 g/mol. The Kier molecular flexibility index (Phi) is 4.59. The zero-order valence-electron chi connectivity index (χ0n) is 10.6. The Morgan fingerprint density at radius 1 is 1.44 bits per heavy atom. The Labute approximate surface area is 104 Å². The number of amides is 2. The van der Waals surface area contributed by atoms with Gasteiger partial charge in [0, 0.05) is 19.2 Å². The van der Waals surface area contributed by atoms with Gasteiger partial charge in [-0.25, -0.2) is 5.10 Å². The van der Waals surface area contributed by atoms with E-state index in [2.05, 4.69) is 15.5 Å². The van der Waals surface area contributed by atoms with Crippen molar-refractivity contribution < 1.29 is 9.59 Å². The summed E-state index contributed by atoms with van der Waals surface area (Å²) in [5, 5.41) is 8.45. The van der Waals surface area contributed by atoms with E-state index < -0.39 is 5.91 Å². The lowest BCUT2D eigenvalue weighted by Gasteiger charge is -2.17. The monoisotopic (exact) mass is 252 g/mol. The lowest BCUT2D eigenvalue weighted by Crippen LogP contribution is -2.41. The summed E-state index contributed by atoms with van der Waals surface area (Å²) in [6, 6.07) is 2.55. The van der Waals surface area contributed by atoms with Gasteiger partial charge < -0.3 is 10.2 Å². The molecule has 0 atom stereocenters. The molecule has 18 heavy (non-hydrogen) atoms. The number of H-pyrrole nitrogens is 1. The highest BCUT2D eigenvalue weighted by Gasteiger charge is 2.16. The number of likely N-dealkylation sites (N-methyl/N-ethyl adjacent to an activating group) is 1. The molecule has 7 nitrogen and oxygen atoms in total. The topological polar surface area (TPSA) is 95.2 Å². The van der Waals surface area contributed by atoms with E-state index in [9.17, 15) is 14.4 Å². The molecule has 0 saturated heterocycles. The zero-order chi connectivity index (χ0) is 13.7. The maximum Gasteiger partial charge on any atom is 0.274 e. The van der Waals surface area contributed by atoms with Crippen molar-refractivity contribution in [2.45, 2.75) is 19.9 Å². The lowest BCUT2D eigenvalue weighted by atomic mass is 10.3. The summed E-state index contributed by atoms with van der Waals surface area (Å²) in [5.74, 6) is -0.671. The third-order valence-corrected chi connectivity index (χ3v) is 2.08. The van der Waals surface area contributed by atoms with E-state index >= 15 is 0 Å². The van der Waals surface area contributed by atoms with Gasteiger partial charge in [0.25, 0.3) is 11.5 Å². The number of hydrogen-bond acceptors (Lipinski definition) is 4. The molecule has 0 saturated carbocycles. The molecule has 7 heteroatoms. The molecular formula is C11H16N4O3. The average molecular weight is 252 g/mol. The highest BCUT2D eigenvalue weighted by atomic mass is 16.2. The number of aromatic amines is 1. The smallest absolute Gasteiger partial charge is 0.274 e. The standard InChI is InChI=1S/C11H16N4O3/c1-7(2)12-10(17)6-15(3)11(18)8-4-5-9(16)14-13-8/h4-5,7H,6H2,1-3H3,(H,12,17)(H,14,16). The molecule has 0 fully saturated rings. The van der Waals surface area contributed by atoms with Crippen LogP contribution in [-0.4, -0.2) is 46.5 Å². The van der Waals surface area contributed by atoms with Gasteiger partial charge in [0.2, 0.25) is 5.91 Å². The van der Waals surface area contributed by atoms with Gasteiger partial charge in [-0.2, -0.15) is 5.10 Å². The van der Waals surface area contributed by atoms with Crippen LogP contribution >= 0.6 is 0 Å². The van der Waals surface area contributed by atoms with Crippen LogP contribution in [0, 0.1) is 0 Å². The third-order valence-electron chi connectivity index (χ3n) is 2.08. The fourth-order valence-corrected chi connectivity index (χ4v) is 1.31. The van der Waals surface area contributed by atoms with E-state index in [-0.39, 0.29) is 29.7 Å². The number of rotatable bonds is 4. The lowest BCUT2D eigenvalue weighted by molar-refractivity contribution is -0.122. The molecule has 0 bridgehead atoms. The molecule has 0 aliphatic rings. The van der Waals surface area contributed by atoms with E-state index in [1.807, 2.05) is 13.8 Å². The molecule has 1 aromatic heterocycles. The first-order chi connectivity index (χ1) is 8.40. The normalized spacial score (nSPS) is 10.2. The minimum Gasteiger partial charge on any atom is -0.352 e. The second kappa shape index (κ2) is 5.95. The first-order valence-electron chi connectivity index (χ1n) is 5.50. The van der Waals surface area contributed by atoms with E-state index in [4.69, 9.17) is 0 Å². The molecule has 98 valence electrons. The van der Waals surface area contributed by atoms with E-state index in [1.165, 1.54) is 24.1 Å². The fourth-order valence-electron chi connectivity index (χ4n) is 1.31. The molecule has 2 amide bonds. The number of hydrogen-bond donors (Lipinski definition) is 2. The van der Waals surface area contributed by atoms with Gasteiger partial charge in [0.1, 0.15) is 5.69 Å². The Morgan fingerprint density at radius 3 is 2.61 bits per heavy atom. The maximum absolute atomic E-state index is 11.8. The van der Waals surface area contributed by atoms with E-state index in [0.29, 0.717) is 0 Å². The van der Waals surface area contributed by atoms with Crippen molar-refractivity contribution in [1.82, 2.24) is 20.4 Å². The maximum atomic E-state index is 11.8. The second-order valence-corrected chi connectivity index (χ2v) is 4.19. The van der Waals surface area contributed by atoms with Crippen LogP contribution in [0.4, 0.5) is 0 Å². The third kappa shape index (κ3) is 4.00. The Bertz CT molecular complexity index is 475. The summed E-state index contributed by atoms with van der Waals surface area (Å²) >= 11 is 0. The summed E-state index contributed by atoms with van der Waals surface area (Å²) in [6.07, 6.45) is 0. The Hall–Kier alpha value is -2.18. The van der Waals surface area contributed by atoms with Crippen molar-refractivity contribution in [2.75, 3.05) is 13.6 Å². The molecule has 0 unspecified atom stereocenters. The van der Waals surface area contributed by atoms with Crippen molar-refractivity contribution in [3.05, 3.63) is 28.2 Å². The fraction of sp³-hybridized carbons (Fsp3) is 0.455. The average Bonchev–Trinajstić information content (AvgIpc) is 2.27. The predicted molar refractivity (Wildman–Crippen MR) is 65.1 cm³/mol. The molecule has 0 aliphatic heterocycles. The summed E-state index contributed by atoms with van der Waals surface area (Å²) in [7, 11) is 1.50. The highest BCUT2D eigenvalue weighted by Crippen LogP contribution is 1.96. The molecule has 0 radical (unpaired) electrons. The second-order valence-electron chi connectivity index (χ2n) is 4.19. The molecule has 1 aromatic rings. The van der Waals surface area contributed by atoms with Gasteiger partial charge in [0.05, 0.1) is 6.54 Å². The minimum absolute atomic E-state index is 0.0206. The van der Waals surface area contributed by atoms with Crippen LogP contribution in [0.25, 0.3) is 0 Å². The van der Waals surface area contributed by atoms with Gasteiger partial charge in [-0.1, -0.05) is 0 Å². The number of nitrogens with one attached hydrogen (secondary N) is 2. The van der Waals surface area contributed by atoms with E-state index in [0.717, 1.165) is 0 Å². The van der Waals surface area contributed by atoms with Gasteiger partial charge >= 0.3 is 0 Å². The highest BCUT2D eigenvalue weighted by molar-refractivity contribution is 5.94. The zero-order valence-corrected chi connectivity index (χ0v) is 10.6. The van der Waals surface area contributed by atoms with Crippen molar-refractivity contribution >= 4 is 11.8 Å². The Morgan fingerprint density at radius 2 is 2.11 bits per heavy atom. The van der Waals surface area contributed by atoms with Crippen molar-refractivity contribution in [3.63, 3.8) is 0 Å². The number of carbonyl (C=O) groups excluding carboxylic acids is 2. The molecule has 0 spiro atoms. The van der Waals surface area contributed by atoms with Crippen LogP contribution in [0.1, 0.15) is 24.3 Å². The van der Waals surface area contributed by atoms with Crippen molar-refractivity contribution in [3.8, 4) is 0 Å². The van der Waals surface area contributed by atoms with Crippen LogP contribution in [0.2, 0.25) is 0 Å². The summed E-state index contributed by atoms with van der Waals surface area (Å²) in [5.41, 5.74) is -0.291. The molecule has 0 aliphatic carbocycles. The predicted octanol–water partition coefficient (Wildman–Crippen LogP) is -0.633. The van der Waals surface area contributed by atoms with Crippen molar-refractivity contribution in [2.24, 2.45) is 0 Å². The SMILES string of the molecule is CC(C)NC(=O)CN(C)C(=O)c1ccc(=O)[nH]n1. The molecule has 1 heterocycles. The molecule has 1 rings (SSSR count). The van der Waals surface area contributed by atoms with Gasteiger partial charge in [-0.15, -0.1) is 0 Å². The first-order valence-corrected chi connectivity index (χ1v) is 5.50. The molecule has 0 aromatic carbocycles. The molecule has 2 N–H and O–H groups in total. The minimum atomic E-state index is -0.426. The van der Waals surface area contributed by atoms with E-state index in [1.54, 1.807) is 0 Å². The summed E-state index contributed by atoms with van der Waals surface area (Å²) in [4.78, 5) is 35.3. The van der Waals surface area contributed by atoms with Gasteiger partial charge in [-0.05, 0) is 19.9 Å². The summed E-state index contributed by atoms with van der Waals surface area (Å²) < 4.78 is 0. The summed E-state index contributed by atoms with van der Waals surface area (Å²) in [6.45, 7) is 3.62. The largest absolute Gasteiger partial charge is 0.352 e. The number of nitrogens with zero attached hydrogens (tertiary/aromatic N) is 2. The van der Waals surface area contributed by atoms with Crippen LogP contribution in [0.15, 0.2) is 16.9 Å². The Balaban J connectivity index is 2.64.